The first-order valence-electron chi connectivity index (χ1n) is 14.9. The maximum absolute atomic E-state index is 12.4. The molecule has 0 saturated carbocycles. The number of carbonyl (C=O) groups is 1. The Morgan fingerprint density at radius 1 is 1.07 bits per heavy atom. The second-order valence-corrected chi connectivity index (χ2v) is 12.0. The van der Waals surface area contributed by atoms with E-state index < -0.39 is 5.60 Å². The second-order valence-electron chi connectivity index (χ2n) is 12.0. The highest BCUT2D eigenvalue weighted by Gasteiger charge is 2.30. The van der Waals surface area contributed by atoms with Gasteiger partial charge in [0, 0.05) is 49.7 Å². The van der Waals surface area contributed by atoms with Crippen molar-refractivity contribution in [2.45, 2.75) is 52.4 Å². The molecule has 1 saturated heterocycles. The van der Waals surface area contributed by atoms with Gasteiger partial charge in [0.1, 0.15) is 23.7 Å². The fraction of sp³-hybridized carbons (Fsp3) is 0.375. The highest BCUT2D eigenvalue weighted by Crippen LogP contribution is 2.32. The molecule has 13 heteroatoms. The summed E-state index contributed by atoms with van der Waals surface area (Å²) in [5.41, 5.74) is 9.53. The number of benzene rings is 1. The highest BCUT2D eigenvalue weighted by molar-refractivity contribution is 5.74. The molecule has 13 nitrogen and oxygen atoms in total. The van der Waals surface area contributed by atoms with Crippen molar-refractivity contribution in [3.63, 3.8) is 0 Å². The molecule has 2 aliphatic rings. The predicted octanol–water partition coefficient (Wildman–Crippen LogP) is 3.44. The molecule has 232 valence electrons. The van der Waals surface area contributed by atoms with Gasteiger partial charge in [-0.25, -0.2) is 14.8 Å². The van der Waals surface area contributed by atoms with E-state index in [1.54, 1.807) is 27.9 Å². The summed E-state index contributed by atoms with van der Waals surface area (Å²) in [6.45, 7) is 9.86. The Morgan fingerprint density at radius 3 is 2.67 bits per heavy atom. The van der Waals surface area contributed by atoms with Gasteiger partial charge in [0.2, 0.25) is 5.82 Å². The zero-order valence-electron chi connectivity index (χ0n) is 25.6. The minimum absolute atomic E-state index is 0.146. The summed E-state index contributed by atoms with van der Waals surface area (Å²) in [5, 5.41) is 23.3. The van der Waals surface area contributed by atoms with Gasteiger partial charge in [0.25, 0.3) is 0 Å². The molecule has 1 aromatic carbocycles. The van der Waals surface area contributed by atoms with Gasteiger partial charge in [-0.15, -0.1) is 10.2 Å². The first-order chi connectivity index (χ1) is 21.6. The number of anilines is 3. The van der Waals surface area contributed by atoms with Crippen LogP contribution in [0.25, 0.3) is 11.3 Å². The van der Waals surface area contributed by atoms with Crippen LogP contribution in [0.2, 0.25) is 0 Å². The van der Waals surface area contributed by atoms with Crippen LogP contribution >= 0.6 is 0 Å². The predicted molar refractivity (Wildman–Crippen MR) is 169 cm³/mol. The number of ether oxygens (including phenoxy) is 1. The zero-order valence-corrected chi connectivity index (χ0v) is 25.6. The van der Waals surface area contributed by atoms with Crippen molar-refractivity contribution in [3.05, 3.63) is 65.9 Å². The summed E-state index contributed by atoms with van der Waals surface area (Å²) in [4.78, 5) is 27.5. The van der Waals surface area contributed by atoms with E-state index in [0.29, 0.717) is 49.1 Å². The van der Waals surface area contributed by atoms with E-state index in [0.717, 1.165) is 48.8 Å². The van der Waals surface area contributed by atoms with Crippen LogP contribution in [0.15, 0.2) is 48.8 Å². The van der Waals surface area contributed by atoms with Crippen molar-refractivity contribution in [3.8, 4) is 28.8 Å². The third-order valence-electron chi connectivity index (χ3n) is 7.50. The van der Waals surface area contributed by atoms with Gasteiger partial charge in [-0.2, -0.15) is 5.10 Å². The number of aromatic nitrogens is 6. The van der Waals surface area contributed by atoms with Crippen LogP contribution in [0.5, 0.6) is 5.75 Å². The van der Waals surface area contributed by atoms with E-state index >= 15 is 0 Å². The molecule has 1 fully saturated rings. The Labute approximate surface area is 261 Å². The molecule has 0 unspecified atom stereocenters. The van der Waals surface area contributed by atoms with Crippen LogP contribution in [-0.4, -0.2) is 77.8 Å². The van der Waals surface area contributed by atoms with Crippen molar-refractivity contribution < 1.29 is 14.6 Å². The quantitative estimate of drug-likeness (QED) is 0.328. The van der Waals surface area contributed by atoms with Crippen LogP contribution in [0.4, 0.5) is 22.1 Å². The van der Waals surface area contributed by atoms with Crippen molar-refractivity contribution in [2.75, 3.05) is 41.7 Å². The topological polar surface area (TPSA) is 152 Å². The molecule has 45 heavy (non-hydrogen) atoms. The monoisotopic (exact) mass is 608 g/mol. The number of nitrogens with two attached hydrogens (primary N) is 1. The molecular formula is C32H36N10O3. The van der Waals surface area contributed by atoms with E-state index in [9.17, 15) is 9.90 Å². The third kappa shape index (κ3) is 6.90. The third-order valence-corrected chi connectivity index (χ3v) is 7.50. The van der Waals surface area contributed by atoms with Crippen LogP contribution in [0.1, 0.15) is 44.3 Å². The van der Waals surface area contributed by atoms with E-state index in [1.807, 2.05) is 51.2 Å². The van der Waals surface area contributed by atoms with Gasteiger partial charge in [-0.3, -0.25) is 9.58 Å². The molecule has 4 aromatic rings. The lowest BCUT2D eigenvalue weighted by molar-refractivity contribution is 0.0239. The Balaban J connectivity index is 1.07. The molecule has 3 N–H and O–H groups in total. The Morgan fingerprint density at radius 2 is 1.87 bits per heavy atom. The van der Waals surface area contributed by atoms with Crippen LogP contribution in [0.3, 0.4) is 0 Å². The fourth-order valence-corrected chi connectivity index (χ4v) is 5.39. The van der Waals surface area contributed by atoms with Gasteiger partial charge in [0.15, 0.2) is 5.82 Å². The molecule has 0 atom stereocenters. The summed E-state index contributed by atoms with van der Waals surface area (Å²) in [6, 6.07) is 10.8. The first kappa shape index (κ1) is 29.7. The Hall–Kier alpha value is -5.38. The average molecular weight is 609 g/mol. The molecule has 5 heterocycles. The molecule has 0 radical (unpaired) electrons. The molecule has 1 amide bonds. The summed E-state index contributed by atoms with van der Waals surface area (Å²) in [7, 11) is 0. The number of phenols is 1. The number of nitrogens with zero attached hydrogens (tertiary/aromatic N) is 9. The number of aromatic hydroxyl groups is 1. The molecular weight excluding hydrogens is 572 g/mol. The number of hydrogen-bond donors (Lipinski definition) is 2. The Kier molecular flexibility index (Phi) is 8.12. The average Bonchev–Trinajstić information content (AvgIpc) is 3.47. The normalized spacial score (nSPS) is 14.9. The maximum Gasteiger partial charge on any atom is 0.410 e. The number of rotatable bonds is 4. The molecule has 6 rings (SSSR count). The van der Waals surface area contributed by atoms with Crippen LogP contribution < -0.4 is 15.5 Å². The molecule has 0 aliphatic carbocycles. The summed E-state index contributed by atoms with van der Waals surface area (Å²) in [6.07, 6.45) is 4.20. The second kappa shape index (κ2) is 12.3. The highest BCUT2D eigenvalue weighted by atomic mass is 16.6. The van der Waals surface area contributed by atoms with Gasteiger partial charge in [0.05, 0.1) is 30.2 Å². The number of carbonyl (C=O) groups excluding carboxylic acids is 1. The lowest BCUT2D eigenvalue weighted by Crippen LogP contribution is -2.33. The van der Waals surface area contributed by atoms with Crippen molar-refractivity contribution >= 4 is 23.4 Å². The number of phenolic OH excluding ortho intramolecular Hbond substituents is 1. The molecule has 0 spiro atoms. The van der Waals surface area contributed by atoms with Gasteiger partial charge < -0.3 is 25.4 Å². The van der Waals surface area contributed by atoms with Gasteiger partial charge in [-0.05, 0) is 57.4 Å². The zero-order chi connectivity index (χ0) is 31.6. The van der Waals surface area contributed by atoms with Crippen molar-refractivity contribution in [2.24, 2.45) is 0 Å². The molecule has 3 aromatic heterocycles. The fourth-order valence-electron chi connectivity index (χ4n) is 5.39. The largest absolute Gasteiger partial charge is 0.507 e. The van der Waals surface area contributed by atoms with Crippen LogP contribution in [0, 0.1) is 11.8 Å². The number of nitrogen functional groups attached to an aromatic ring is 1. The number of amides is 1. The van der Waals surface area contributed by atoms with E-state index in [2.05, 4.69) is 41.9 Å². The summed E-state index contributed by atoms with van der Waals surface area (Å²) in [5.74, 6) is 7.94. The van der Waals surface area contributed by atoms with Crippen molar-refractivity contribution in [1.82, 2.24) is 34.8 Å². The van der Waals surface area contributed by atoms with E-state index in [-0.39, 0.29) is 11.8 Å². The first-order valence-corrected chi connectivity index (χ1v) is 14.9. The molecule has 0 bridgehead atoms. The number of para-hydroxylation sites is 1. The molecule has 2 aliphatic heterocycles. The lowest BCUT2D eigenvalue weighted by atomic mass is 10.1. The summed E-state index contributed by atoms with van der Waals surface area (Å²) < 4.78 is 7.25. The van der Waals surface area contributed by atoms with Crippen molar-refractivity contribution in [1.29, 1.82) is 0 Å². The minimum atomic E-state index is -0.536. The minimum Gasteiger partial charge on any atom is -0.507 e. The Bertz CT molecular complexity index is 1750. The smallest absolute Gasteiger partial charge is 0.410 e. The van der Waals surface area contributed by atoms with Gasteiger partial charge in [-0.1, -0.05) is 18.1 Å². The summed E-state index contributed by atoms with van der Waals surface area (Å²) >= 11 is 0. The van der Waals surface area contributed by atoms with Crippen LogP contribution in [-0.2, 0) is 24.4 Å². The maximum atomic E-state index is 12.4. The SMILES string of the molecule is CC(C)(C)OC(=O)N1Cc2cn(CC#Cc3nccc(N4CCCN(c5cc(-c6ccccc6O)nnc5N)CC4)n3)nc2C1. The number of fused-ring (bicyclic) bond motifs is 1. The standard InChI is InChI=1S/C32H36N10O3/c1-32(2,3)45-31(44)41-19-22-20-42(38-25(22)21-41)15-6-10-28-34-12-11-29(35-28)40-14-7-13-39(16-17-40)26-18-24(36-37-30(26)33)23-8-4-5-9-27(23)43/h4-5,8-9,11-12,18,20,43H,7,13-17,19,21H2,1-3H3,(H2,33,37). The van der Waals surface area contributed by atoms with E-state index in [4.69, 9.17) is 15.5 Å². The van der Waals surface area contributed by atoms with E-state index in [1.165, 1.54) is 0 Å². The lowest BCUT2D eigenvalue weighted by Gasteiger charge is -2.25. The van der Waals surface area contributed by atoms with Gasteiger partial charge >= 0.3 is 6.09 Å². The number of hydrogen-bond acceptors (Lipinski definition) is 11.